The predicted molar refractivity (Wildman–Crippen MR) is 122 cm³/mol. The first kappa shape index (κ1) is 22.0. The maximum Gasteiger partial charge on any atom is 0.259 e. The van der Waals surface area contributed by atoms with Crippen LogP contribution < -0.4 is 4.90 Å². The molecule has 1 aliphatic carbocycles. The van der Waals surface area contributed by atoms with E-state index >= 15 is 0 Å². The second-order valence-corrected chi connectivity index (χ2v) is 10.4. The van der Waals surface area contributed by atoms with E-state index in [4.69, 9.17) is 0 Å². The van der Waals surface area contributed by atoms with Crippen LogP contribution in [0.3, 0.4) is 0 Å². The lowest BCUT2D eigenvalue weighted by Gasteiger charge is -2.33. The molecule has 2 heterocycles. The predicted octanol–water partition coefficient (Wildman–Crippen LogP) is 4.63. The largest absolute Gasteiger partial charge is 0.290 e. The van der Waals surface area contributed by atoms with Crippen molar-refractivity contribution in [3.05, 3.63) is 54.2 Å². The van der Waals surface area contributed by atoms with Crippen LogP contribution in [0, 0.1) is 0 Å². The Morgan fingerprint density at radius 2 is 1.61 bits per heavy atom. The summed E-state index contributed by atoms with van der Waals surface area (Å²) in [6, 6.07) is 12.2. The zero-order valence-corrected chi connectivity index (χ0v) is 18.8. The van der Waals surface area contributed by atoms with Gasteiger partial charge in [0, 0.05) is 30.9 Å². The summed E-state index contributed by atoms with van der Waals surface area (Å²) in [7, 11) is -3.61. The van der Waals surface area contributed by atoms with Crippen LogP contribution in [-0.4, -0.2) is 42.7 Å². The summed E-state index contributed by atoms with van der Waals surface area (Å²) in [4.78, 5) is 20.0. The van der Waals surface area contributed by atoms with E-state index in [1.54, 1.807) is 39.7 Å². The van der Waals surface area contributed by atoms with Gasteiger partial charge >= 0.3 is 0 Å². The Labute approximate surface area is 185 Å². The molecule has 6 nitrogen and oxygen atoms in total. The van der Waals surface area contributed by atoms with E-state index in [0.717, 1.165) is 51.4 Å². The van der Waals surface area contributed by atoms with Crippen molar-refractivity contribution in [3.8, 4) is 0 Å². The summed E-state index contributed by atoms with van der Waals surface area (Å²) in [6.07, 6.45) is 10.8. The van der Waals surface area contributed by atoms with Crippen molar-refractivity contribution in [2.45, 2.75) is 68.7 Å². The molecule has 0 atom stereocenters. The number of sulfonamides is 1. The van der Waals surface area contributed by atoms with Crippen LogP contribution in [0.1, 0.15) is 68.1 Å². The minimum absolute atomic E-state index is 0.0852. The van der Waals surface area contributed by atoms with Gasteiger partial charge in [-0.2, -0.15) is 4.31 Å². The molecule has 2 fully saturated rings. The van der Waals surface area contributed by atoms with Crippen LogP contribution in [-0.2, 0) is 10.0 Å². The molecular formula is C24H31N3O3S. The molecule has 31 heavy (non-hydrogen) atoms. The van der Waals surface area contributed by atoms with Crippen LogP contribution in [0.2, 0.25) is 0 Å². The zero-order valence-electron chi connectivity index (χ0n) is 17.9. The lowest BCUT2D eigenvalue weighted by molar-refractivity contribution is 0.0969. The Morgan fingerprint density at radius 3 is 2.29 bits per heavy atom. The number of nitrogens with zero attached hydrogens (tertiary/aromatic N) is 3. The fourth-order valence-electron chi connectivity index (χ4n) is 4.65. The van der Waals surface area contributed by atoms with Gasteiger partial charge in [0.25, 0.3) is 5.91 Å². The van der Waals surface area contributed by atoms with Crippen molar-refractivity contribution < 1.29 is 13.2 Å². The molecule has 0 spiro atoms. The average molecular weight is 442 g/mol. The second-order valence-electron chi connectivity index (χ2n) is 8.50. The number of hydrogen-bond donors (Lipinski definition) is 0. The highest BCUT2D eigenvalue weighted by Gasteiger charge is 2.30. The normalized spacial score (nSPS) is 19.0. The first-order chi connectivity index (χ1) is 15.1. The highest BCUT2D eigenvalue weighted by atomic mass is 32.2. The van der Waals surface area contributed by atoms with Crippen LogP contribution in [0.15, 0.2) is 53.6 Å². The molecule has 1 saturated carbocycles. The molecule has 4 rings (SSSR count). The topological polar surface area (TPSA) is 70.6 Å². The van der Waals surface area contributed by atoms with Crippen LogP contribution >= 0.6 is 0 Å². The fraction of sp³-hybridized carbons (Fsp3) is 0.500. The number of benzene rings is 1. The molecule has 166 valence electrons. The summed E-state index contributed by atoms with van der Waals surface area (Å²) in [5.74, 6) is 0.443. The molecule has 2 aliphatic rings. The molecule has 1 aliphatic heterocycles. The Balaban J connectivity index is 1.65. The molecule has 1 aromatic heterocycles. The second kappa shape index (κ2) is 9.92. The first-order valence-corrected chi connectivity index (χ1v) is 12.9. The van der Waals surface area contributed by atoms with Gasteiger partial charge in [-0.1, -0.05) is 44.2 Å². The van der Waals surface area contributed by atoms with Crippen LogP contribution in [0.25, 0.3) is 0 Å². The Morgan fingerprint density at radius 1 is 0.903 bits per heavy atom. The van der Waals surface area contributed by atoms with E-state index in [0.29, 0.717) is 24.5 Å². The third-order valence-electron chi connectivity index (χ3n) is 6.34. The highest BCUT2D eigenvalue weighted by molar-refractivity contribution is 7.89. The Bertz CT molecular complexity index is 980. The maximum atomic E-state index is 13.6. The van der Waals surface area contributed by atoms with Gasteiger partial charge in [0.15, 0.2) is 0 Å². The molecular weight excluding hydrogens is 410 g/mol. The molecule has 0 N–H and O–H groups in total. The average Bonchev–Trinajstić information content (AvgIpc) is 3.11. The molecule has 1 amide bonds. The van der Waals surface area contributed by atoms with E-state index in [-0.39, 0.29) is 16.8 Å². The minimum Gasteiger partial charge on any atom is -0.290 e. The van der Waals surface area contributed by atoms with Gasteiger partial charge in [-0.05, 0) is 56.0 Å². The number of pyridine rings is 1. The van der Waals surface area contributed by atoms with Crippen molar-refractivity contribution in [2.24, 2.45) is 0 Å². The lowest BCUT2D eigenvalue weighted by Crippen LogP contribution is -2.42. The highest BCUT2D eigenvalue weighted by Crippen LogP contribution is 2.29. The zero-order chi connectivity index (χ0) is 21.7. The third kappa shape index (κ3) is 4.99. The summed E-state index contributed by atoms with van der Waals surface area (Å²) >= 11 is 0. The lowest BCUT2D eigenvalue weighted by atomic mass is 9.93. The van der Waals surface area contributed by atoms with Gasteiger partial charge in [-0.3, -0.25) is 9.69 Å². The molecule has 1 aromatic carbocycles. The molecule has 2 aromatic rings. The SMILES string of the molecule is O=C(c1cccc(S(=O)(=O)N2CCCCCC2)c1)N(c1ccccn1)C1CCCCC1. The molecule has 7 heteroatoms. The van der Waals surface area contributed by atoms with Crippen molar-refractivity contribution in [2.75, 3.05) is 18.0 Å². The smallest absolute Gasteiger partial charge is 0.259 e. The van der Waals surface area contributed by atoms with Crippen molar-refractivity contribution in [1.82, 2.24) is 9.29 Å². The van der Waals surface area contributed by atoms with Crippen molar-refractivity contribution >= 4 is 21.7 Å². The number of anilines is 1. The van der Waals surface area contributed by atoms with E-state index < -0.39 is 10.0 Å². The summed E-state index contributed by atoms with van der Waals surface area (Å²) in [5, 5.41) is 0. The maximum absolute atomic E-state index is 13.6. The van der Waals surface area contributed by atoms with E-state index in [9.17, 15) is 13.2 Å². The van der Waals surface area contributed by atoms with E-state index in [1.807, 2.05) is 18.2 Å². The Kier molecular flexibility index (Phi) is 7.02. The first-order valence-electron chi connectivity index (χ1n) is 11.4. The molecule has 1 saturated heterocycles. The van der Waals surface area contributed by atoms with Gasteiger partial charge in [0.2, 0.25) is 10.0 Å². The summed E-state index contributed by atoms with van der Waals surface area (Å²) < 4.78 is 28.1. The van der Waals surface area contributed by atoms with E-state index in [1.165, 1.54) is 6.42 Å². The molecule has 0 unspecified atom stereocenters. The minimum atomic E-state index is -3.61. The van der Waals surface area contributed by atoms with Gasteiger partial charge in [0.05, 0.1) is 4.90 Å². The van der Waals surface area contributed by atoms with Crippen molar-refractivity contribution in [1.29, 1.82) is 0 Å². The van der Waals surface area contributed by atoms with Crippen LogP contribution in [0.4, 0.5) is 5.82 Å². The number of carbonyl (C=O) groups is 1. The van der Waals surface area contributed by atoms with Crippen LogP contribution in [0.5, 0.6) is 0 Å². The monoisotopic (exact) mass is 441 g/mol. The van der Waals surface area contributed by atoms with Gasteiger partial charge < -0.3 is 0 Å². The Hall–Kier alpha value is -2.25. The van der Waals surface area contributed by atoms with Gasteiger partial charge in [0.1, 0.15) is 5.82 Å². The number of amides is 1. The van der Waals surface area contributed by atoms with Crippen molar-refractivity contribution in [3.63, 3.8) is 0 Å². The third-order valence-corrected chi connectivity index (χ3v) is 8.23. The standard InChI is InChI=1S/C24H31N3O3S/c28-24(27(21-12-4-3-5-13-21)23-15-6-7-16-25-23)20-11-10-14-22(19-20)31(29,30)26-17-8-1-2-9-18-26/h6-7,10-11,14-16,19,21H,1-5,8-9,12-13,17-18H2. The summed E-state index contributed by atoms with van der Waals surface area (Å²) in [5.41, 5.74) is 0.395. The quantitative estimate of drug-likeness (QED) is 0.678. The fourth-order valence-corrected chi connectivity index (χ4v) is 6.22. The number of rotatable bonds is 5. The number of carbonyl (C=O) groups excluding carboxylic acids is 1. The molecule has 0 bridgehead atoms. The number of hydrogen-bond acceptors (Lipinski definition) is 4. The number of aromatic nitrogens is 1. The molecule has 0 radical (unpaired) electrons. The van der Waals surface area contributed by atoms with Gasteiger partial charge in [-0.25, -0.2) is 13.4 Å². The van der Waals surface area contributed by atoms with Gasteiger partial charge in [-0.15, -0.1) is 0 Å². The van der Waals surface area contributed by atoms with E-state index in [2.05, 4.69) is 4.98 Å². The summed E-state index contributed by atoms with van der Waals surface area (Å²) in [6.45, 7) is 1.09.